The van der Waals surface area contributed by atoms with E-state index in [0.717, 1.165) is 24.0 Å². The number of aliphatic hydroxyl groups is 1. The van der Waals surface area contributed by atoms with Crippen LogP contribution in [0.15, 0.2) is 36.4 Å². The topological polar surface area (TPSA) is 98.7 Å². The molecular formula is C25H33N3O4. The molecule has 2 aromatic rings. The Balaban J connectivity index is 2.38. The molecule has 7 heteroatoms. The van der Waals surface area contributed by atoms with Crippen molar-refractivity contribution in [2.75, 3.05) is 11.9 Å². The van der Waals surface area contributed by atoms with Gasteiger partial charge in [-0.15, -0.1) is 0 Å². The highest BCUT2D eigenvalue weighted by Crippen LogP contribution is 2.22. The third-order valence-corrected chi connectivity index (χ3v) is 5.25. The van der Waals surface area contributed by atoms with Crippen LogP contribution in [0.5, 0.6) is 0 Å². The van der Waals surface area contributed by atoms with Crippen LogP contribution in [0.1, 0.15) is 71.5 Å². The van der Waals surface area contributed by atoms with Gasteiger partial charge < -0.3 is 10.4 Å². The van der Waals surface area contributed by atoms with Crippen molar-refractivity contribution >= 4 is 23.9 Å². The number of hydrogen-bond donors (Lipinski definition) is 3. The highest BCUT2D eigenvalue weighted by atomic mass is 16.3. The molecule has 0 aliphatic rings. The molecule has 0 aromatic heterocycles. The Hall–Kier alpha value is -3.19. The Kier molecular flexibility index (Phi) is 8.55. The second-order valence-corrected chi connectivity index (χ2v) is 8.70. The van der Waals surface area contributed by atoms with Crippen molar-refractivity contribution < 1.29 is 19.5 Å². The van der Waals surface area contributed by atoms with E-state index in [1.165, 1.54) is 5.01 Å². The Morgan fingerprint density at radius 3 is 2.41 bits per heavy atom. The van der Waals surface area contributed by atoms with E-state index >= 15 is 0 Å². The lowest BCUT2D eigenvalue weighted by atomic mass is 9.98. The summed E-state index contributed by atoms with van der Waals surface area (Å²) >= 11 is 0. The zero-order valence-electron chi connectivity index (χ0n) is 19.5. The van der Waals surface area contributed by atoms with Crippen molar-refractivity contribution in [1.82, 2.24) is 10.4 Å². The number of amides is 3. The SMILES string of the molecule is CCCc1cccc(C(=O)NN(C(=O)c2ccc(CCO)c(NC=O)c2)C(C)(C)C)c1C. The molecule has 2 aromatic carbocycles. The number of anilines is 1. The summed E-state index contributed by atoms with van der Waals surface area (Å²) in [4.78, 5) is 37.5. The predicted molar refractivity (Wildman–Crippen MR) is 125 cm³/mol. The van der Waals surface area contributed by atoms with Crippen molar-refractivity contribution in [3.8, 4) is 0 Å². The molecule has 0 unspecified atom stereocenters. The lowest BCUT2D eigenvalue weighted by Gasteiger charge is -2.35. The summed E-state index contributed by atoms with van der Waals surface area (Å²) in [5.74, 6) is -0.760. The maximum absolute atomic E-state index is 13.4. The molecule has 0 heterocycles. The molecule has 0 saturated heterocycles. The van der Waals surface area contributed by atoms with Crippen molar-refractivity contribution in [1.29, 1.82) is 0 Å². The van der Waals surface area contributed by atoms with Gasteiger partial charge in [-0.05, 0) is 75.4 Å². The molecule has 0 saturated carbocycles. The number of aryl methyl sites for hydroxylation is 1. The Morgan fingerprint density at radius 1 is 1.09 bits per heavy atom. The van der Waals surface area contributed by atoms with Gasteiger partial charge in [0.05, 0.1) is 5.54 Å². The molecule has 0 radical (unpaired) electrons. The molecule has 3 amide bonds. The quantitative estimate of drug-likeness (QED) is 0.432. The fourth-order valence-corrected chi connectivity index (χ4v) is 3.53. The van der Waals surface area contributed by atoms with E-state index in [4.69, 9.17) is 0 Å². The van der Waals surface area contributed by atoms with E-state index in [9.17, 15) is 19.5 Å². The van der Waals surface area contributed by atoms with Gasteiger partial charge in [-0.25, -0.2) is 5.01 Å². The minimum atomic E-state index is -0.705. The smallest absolute Gasteiger partial charge is 0.272 e. The van der Waals surface area contributed by atoms with E-state index in [1.807, 2.05) is 39.8 Å². The largest absolute Gasteiger partial charge is 0.396 e. The molecule has 3 N–H and O–H groups in total. The third-order valence-electron chi connectivity index (χ3n) is 5.25. The van der Waals surface area contributed by atoms with E-state index in [-0.39, 0.29) is 12.5 Å². The summed E-state index contributed by atoms with van der Waals surface area (Å²) < 4.78 is 0. The normalized spacial score (nSPS) is 11.1. The lowest BCUT2D eigenvalue weighted by molar-refractivity contribution is -0.105. The van der Waals surface area contributed by atoms with Gasteiger partial charge in [0.15, 0.2) is 0 Å². The molecule has 0 aliphatic carbocycles. The van der Waals surface area contributed by atoms with Gasteiger partial charge in [0.1, 0.15) is 0 Å². The number of carbonyl (C=O) groups excluding carboxylic acids is 3. The van der Waals surface area contributed by atoms with Crippen LogP contribution >= 0.6 is 0 Å². The van der Waals surface area contributed by atoms with Gasteiger partial charge in [-0.3, -0.25) is 19.8 Å². The minimum absolute atomic E-state index is 0.0819. The first-order chi connectivity index (χ1) is 15.1. The maximum Gasteiger partial charge on any atom is 0.272 e. The number of carbonyl (C=O) groups is 3. The zero-order valence-corrected chi connectivity index (χ0v) is 19.5. The van der Waals surface area contributed by atoms with E-state index in [0.29, 0.717) is 35.2 Å². The molecule has 172 valence electrons. The average molecular weight is 440 g/mol. The van der Waals surface area contributed by atoms with Crippen molar-refractivity contribution in [3.05, 3.63) is 64.2 Å². The molecule has 0 bridgehead atoms. The number of hydrazine groups is 1. The summed E-state index contributed by atoms with van der Waals surface area (Å²) in [6, 6.07) is 10.5. The molecule has 32 heavy (non-hydrogen) atoms. The van der Waals surface area contributed by atoms with Gasteiger partial charge in [-0.1, -0.05) is 31.5 Å². The van der Waals surface area contributed by atoms with Gasteiger partial charge in [0.25, 0.3) is 11.8 Å². The highest BCUT2D eigenvalue weighted by Gasteiger charge is 2.30. The average Bonchev–Trinajstić information content (AvgIpc) is 2.73. The molecule has 0 atom stereocenters. The van der Waals surface area contributed by atoms with Crippen LogP contribution in [0.4, 0.5) is 5.69 Å². The second kappa shape index (κ2) is 10.9. The van der Waals surface area contributed by atoms with Crippen LogP contribution in [0, 0.1) is 6.92 Å². The summed E-state index contributed by atoms with van der Waals surface area (Å²) in [6.07, 6.45) is 2.72. The van der Waals surface area contributed by atoms with Crippen LogP contribution < -0.4 is 10.7 Å². The van der Waals surface area contributed by atoms with Crippen LogP contribution in [0.25, 0.3) is 0 Å². The van der Waals surface area contributed by atoms with Crippen molar-refractivity contribution in [3.63, 3.8) is 0 Å². The molecule has 0 fully saturated rings. The first-order valence-corrected chi connectivity index (χ1v) is 10.8. The predicted octanol–water partition coefficient (Wildman–Crippen LogP) is 3.64. The zero-order chi connectivity index (χ0) is 23.9. The minimum Gasteiger partial charge on any atom is -0.396 e. The van der Waals surface area contributed by atoms with Crippen LogP contribution in [0.2, 0.25) is 0 Å². The molecular weight excluding hydrogens is 406 g/mol. The molecule has 0 spiro atoms. The maximum atomic E-state index is 13.4. The summed E-state index contributed by atoms with van der Waals surface area (Å²) in [5, 5.41) is 13.1. The summed E-state index contributed by atoms with van der Waals surface area (Å²) in [7, 11) is 0. The number of rotatable bonds is 8. The van der Waals surface area contributed by atoms with Crippen LogP contribution in [0.3, 0.4) is 0 Å². The number of benzene rings is 2. The standard InChI is InChI=1S/C25H33N3O4/c1-6-8-18-9-7-10-21(17(18)2)23(31)27-28(25(3,4)5)24(32)20-12-11-19(13-14-29)22(15-20)26-16-30/h7,9-12,15-16,29H,6,8,13-14H2,1-5H3,(H,26,30)(H,27,31). The Bertz CT molecular complexity index is 980. The van der Waals surface area contributed by atoms with E-state index < -0.39 is 11.4 Å². The number of nitrogens with zero attached hydrogens (tertiary/aromatic N) is 1. The monoisotopic (exact) mass is 439 g/mol. The summed E-state index contributed by atoms with van der Waals surface area (Å²) in [5.41, 5.74) is 6.09. The van der Waals surface area contributed by atoms with Gasteiger partial charge >= 0.3 is 0 Å². The van der Waals surface area contributed by atoms with Gasteiger partial charge in [0, 0.05) is 23.4 Å². The van der Waals surface area contributed by atoms with E-state index in [2.05, 4.69) is 17.7 Å². The first-order valence-electron chi connectivity index (χ1n) is 10.8. The van der Waals surface area contributed by atoms with Crippen molar-refractivity contribution in [2.45, 2.75) is 59.4 Å². The van der Waals surface area contributed by atoms with Crippen LogP contribution in [-0.4, -0.2) is 40.5 Å². The number of nitrogens with one attached hydrogen (secondary N) is 2. The van der Waals surface area contributed by atoms with Gasteiger partial charge in [-0.2, -0.15) is 0 Å². The van der Waals surface area contributed by atoms with Gasteiger partial charge in [0.2, 0.25) is 6.41 Å². The van der Waals surface area contributed by atoms with E-state index in [1.54, 1.807) is 24.3 Å². The summed E-state index contributed by atoms with van der Waals surface area (Å²) in [6.45, 7) is 9.41. The third kappa shape index (κ3) is 5.95. The first kappa shape index (κ1) is 25.1. The lowest BCUT2D eigenvalue weighted by Crippen LogP contribution is -2.56. The fourth-order valence-electron chi connectivity index (χ4n) is 3.53. The van der Waals surface area contributed by atoms with Crippen LogP contribution in [-0.2, 0) is 17.6 Å². The molecule has 0 aliphatic heterocycles. The Morgan fingerprint density at radius 2 is 1.81 bits per heavy atom. The fraction of sp³-hybridized carbons (Fsp3) is 0.400. The highest BCUT2D eigenvalue weighted by molar-refractivity contribution is 6.01. The molecule has 7 nitrogen and oxygen atoms in total. The number of aliphatic hydroxyl groups excluding tert-OH is 1. The Labute approximate surface area is 189 Å². The number of hydrogen-bond acceptors (Lipinski definition) is 4. The van der Waals surface area contributed by atoms with Crippen molar-refractivity contribution in [2.24, 2.45) is 0 Å². The molecule has 2 rings (SSSR count). The second-order valence-electron chi connectivity index (χ2n) is 8.70.